The molecule has 0 saturated heterocycles. The Labute approximate surface area is 127 Å². The number of carbonyl (C=O) groups excluding carboxylic acids is 1. The molecule has 2 unspecified atom stereocenters. The average Bonchev–Trinajstić information content (AvgIpc) is 2.53. The molecule has 1 heterocycles. The van der Waals surface area contributed by atoms with Crippen molar-refractivity contribution in [3.05, 3.63) is 18.1 Å². The third kappa shape index (κ3) is 4.69. The van der Waals surface area contributed by atoms with Gasteiger partial charge in [0.1, 0.15) is 11.5 Å². The Morgan fingerprint density at radius 1 is 1.29 bits per heavy atom. The lowest BCUT2D eigenvalue weighted by molar-refractivity contribution is 0.0913. The van der Waals surface area contributed by atoms with Gasteiger partial charge in [0.05, 0.1) is 12.4 Å². The first kappa shape index (κ1) is 15.7. The average molecular weight is 290 g/mol. The van der Waals surface area contributed by atoms with Gasteiger partial charge in [-0.25, -0.2) is 9.97 Å². The van der Waals surface area contributed by atoms with E-state index in [1.165, 1.54) is 19.3 Å². The number of aromatic nitrogens is 2. The molecule has 1 amide bonds. The smallest absolute Gasteiger partial charge is 0.271 e. The second kappa shape index (κ2) is 7.96. The Bertz CT molecular complexity index is 446. The van der Waals surface area contributed by atoms with Crippen LogP contribution in [0.15, 0.2) is 12.4 Å². The van der Waals surface area contributed by atoms with Crippen molar-refractivity contribution < 1.29 is 4.79 Å². The van der Waals surface area contributed by atoms with E-state index in [0.717, 1.165) is 37.5 Å². The number of nitrogens with one attached hydrogen (secondary N) is 2. The van der Waals surface area contributed by atoms with Gasteiger partial charge in [-0.3, -0.25) is 4.79 Å². The molecule has 1 saturated carbocycles. The third-order valence-electron chi connectivity index (χ3n) is 4.14. The van der Waals surface area contributed by atoms with E-state index in [-0.39, 0.29) is 11.9 Å². The third-order valence-corrected chi connectivity index (χ3v) is 4.14. The van der Waals surface area contributed by atoms with Gasteiger partial charge in [0.15, 0.2) is 0 Å². The molecule has 2 N–H and O–H groups in total. The van der Waals surface area contributed by atoms with Gasteiger partial charge in [0.2, 0.25) is 0 Å². The maximum Gasteiger partial charge on any atom is 0.271 e. The minimum absolute atomic E-state index is 0.105. The van der Waals surface area contributed by atoms with Gasteiger partial charge in [-0.2, -0.15) is 0 Å². The zero-order chi connectivity index (χ0) is 15.1. The quantitative estimate of drug-likeness (QED) is 0.845. The van der Waals surface area contributed by atoms with Gasteiger partial charge in [0, 0.05) is 12.6 Å². The molecule has 0 aliphatic heterocycles. The molecule has 5 heteroatoms. The van der Waals surface area contributed by atoms with E-state index >= 15 is 0 Å². The van der Waals surface area contributed by atoms with Crippen molar-refractivity contribution in [2.24, 2.45) is 5.92 Å². The van der Waals surface area contributed by atoms with Gasteiger partial charge >= 0.3 is 0 Å². The molecule has 2 atom stereocenters. The first-order chi connectivity index (χ1) is 10.2. The summed E-state index contributed by atoms with van der Waals surface area (Å²) in [5.74, 6) is 1.36. The Balaban J connectivity index is 1.87. The highest BCUT2D eigenvalue weighted by molar-refractivity contribution is 5.92. The lowest BCUT2D eigenvalue weighted by atomic mass is 9.84. The zero-order valence-corrected chi connectivity index (χ0v) is 13.1. The van der Waals surface area contributed by atoms with Crippen LogP contribution in [0.1, 0.15) is 62.9 Å². The largest absolute Gasteiger partial charge is 0.369 e. The summed E-state index contributed by atoms with van der Waals surface area (Å²) >= 11 is 0. The summed E-state index contributed by atoms with van der Waals surface area (Å²) in [5, 5.41) is 6.25. The fourth-order valence-electron chi connectivity index (χ4n) is 2.84. The fourth-order valence-corrected chi connectivity index (χ4v) is 2.84. The first-order valence-electron chi connectivity index (χ1n) is 8.09. The zero-order valence-electron chi connectivity index (χ0n) is 13.1. The van der Waals surface area contributed by atoms with Crippen molar-refractivity contribution in [2.45, 2.75) is 58.4 Å². The molecular weight excluding hydrogens is 264 g/mol. The SMILES string of the molecule is CCCNc1cnc(C(=O)NC2CCCC(CC)C2)cn1. The lowest BCUT2D eigenvalue weighted by Gasteiger charge is -2.28. The highest BCUT2D eigenvalue weighted by Crippen LogP contribution is 2.26. The van der Waals surface area contributed by atoms with Crippen LogP contribution in [0, 0.1) is 5.92 Å². The molecule has 0 bridgehead atoms. The number of carbonyl (C=O) groups is 1. The summed E-state index contributed by atoms with van der Waals surface area (Å²) in [5.41, 5.74) is 0.399. The summed E-state index contributed by atoms with van der Waals surface area (Å²) in [6.07, 6.45) is 10.1. The van der Waals surface area contributed by atoms with Crippen LogP contribution >= 0.6 is 0 Å². The Hall–Kier alpha value is -1.65. The number of hydrogen-bond donors (Lipinski definition) is 2. The molecule has 0 radical (unpaired) electrons. The number of amides is 1. The fraction of sp³-hybridized carbons (Fsp3) is 0.688. The van der Waals surface area contributed by atoms with Gasteiger partial charge in [-0.15, -0.1) is 0 Å². The summed E-state index contributed by atoms with van der Waals surface area (Å²) in [6, 6.07) is 0.288. The highest BCUT2D eigenvalue weighted by Gasteiger charge is 2.22. The molecule has 21 heavy (non-hydrogen) atoms. The summed E-state index contributed by atoms with van der Waals surface area (Å²) in [6.45, 7) is 5.18. The molecule has 5 nitrogen and oxygen atoms in total. The Morgan fingerprint density at radius 2 is 2.14 bits per heavy atom. The number of rotatable bonds is 6. The van der Waals surface area contributed by atoms with Crippen molar-refractivity contribution in [3.8, 4) is 0 Å². The maximum atomic E-state index is 12.2. The van der Waals surface area contributed by atoms with Crippen LogP contribution in [0.2, 0.25) is 0 Å². The van der Waals surface area contributed by atoms with Crippen LogP contribution in [-0.2, 0) is 0 Å². The van der Waals surface area contributed by atoms with E-state index in [1.807, 2.05) is 0 Å². The molecule has 1 aliphatic rings. The standard InChI is InChI=1S/C16H26N4O/c1-3-8-17-15-11-18-14(10-19-15)16(21)20-13-7-5-6-12(4-2)9-13/h10-13H,3-9H2,1-2H3,(H,17,19)(H,20,21). The number of hydrogen-bond acceptors (Lipinski definition) is 4. The van der Waals surface area contributed by atoms with E-state index < -0.39 is 0 Å². The normalized spacial score (nSPS) is 21.8. The lowest BCUT2D eigenvalue weighted by Crippen LogP contribution is -2.38. The molecule has 1 fully saturated rings. The Morgan fingerprint density at radius 3 is 2.81 bits per heavy atom. The van der Waals surface area contributed by atoms with Gasteiger partial charge in [-0.05, 0) is 25.2 Å². The second-order valence-corrected chi connectivity index (χ2v) is 5.82. The van der Waals surface area contributed by atoms with Crippen LogP contribution in [0.5, 0.6) is 0 Å². The van der Waals surface area contributed by atoms with Gasteiger partial charge < -0.3 is 10.6 Å². The summed E-state index contributed by atoms with van der Waals surface area (Å²) in [7, 11) is 0. The summed E-state index contributed by atoms with van der Waals surface area (Å²) in [4.78, 5) is 20.6. The maximum absolute atomic E-state index is 12.2. The number of nitrogens with zero attached hydrogens (tertiary/aromatic N) is 2. The molecule has 1 aliphatic carbocycles. The van der Waals surface area contributed by atoms with Crippen molar-refractivity contribution in [1.82, 2.24) is 15.3 Å². The molecular formula is C16H26N4O. The Kier molecular flexibility index (Phi) is 5.96. The van der Waals surface area contributed by atoms with Crippen LogP contribution in [0.4, 0.5) is 5.82 Å². The van der Waals surface area contributed by atoms with Crippen LogP contribution in [-0.4, -0.2) is 28.5 Å². The van der Waals surface area contributed by atoms with Crippen LogP contribution in [0.3, 0.4) is 0 Å². The van der Waals surface area contributed by atoms with Crippen molar-refractivity contribution in [1.29, 1.82) is 0 Å². The minimum atomic E-state index is -0.105. The highest BCUT2D eigenvalue weighted by atomic mass is 16.1. The molecule has 116 valence electrons. The van der Waals surface area contributed by atoms with Crippen molar-refractivity contribution in [2.75, 3.05) is 11.9 Å². The van der Waals surface area contributed by atoms with E-state index in [1.54, 1.807) is 12.4 Å². The predicted molar refractivity (Wildman–Crippen MR) is 84.3 cm³/mol. The van der Waals surface area contributed by atoms with Gasteiger partial charge in [-0.1, -0.05) is 33.1 Å². The van der Waals surface area contributed by atoms with E-state index in [9.17, 15) is 4.79 Å². The number of anilines is 1. The summed E-state index contributed by atoms with van der Waals surface area (Å²) < 4.78 is 0. The molecule has 2 rings (SSSR count). The van der Waals surface area contributed by atoms with E-state index in [0.29, 0.717) is 5.69 Å². The molecule has 0 spiro atoms. The van der Waals surface area contributed by atoms with Crippen molar-refractivity contribution >= 4 is 11.7 Å². The van der Waals surface area contributed by atoms with Crippen LogP contribution in [0.25, 0.3) is 0 Å². The monoisotopic (exact) mass is 290 g/mol. The minimum Gasteiger partial charge on any atom is -0.369 e. The molecule has 0 aromatic carbocycles. The molecule has 1 aromatic rings. The second-order valence-electron chi connectivity index (χ2n) is 5.82. The molecule has 1 aromatic heterocycles. The van der Waals surface area contributed by atoms with Crippen molar-refractivity contribution in [3.63, 3.8) is 0 Å². The van der Waals surface area contributed by atoms with Gasteiger partial charge in [0.25, 0.3) is 5.91 Å². The van der Waals surface area contributed by atoms with Crippen LogP contribution < -0.4 is 10.6 Å². The topological polar surface area (TPSA) is 66.9 Å². The van der Waals surface area contributed by atoms with E-state index in [2.05, 4.69) is 34.4 Å². The first-order valence-corrected chi connectivity index (χ1v) is 8.09. The predicted octanol–water partition coefficient (Wildman–Crippen LogP) is 3.00. The van der Waals surface area contributed by atoms with E-state index in [4.69, 9.17) is 0 Å².